The normalized spacial score (nSPS) is 19.7. The second kappa shape index (κ2) is 6.15. The highest BCUT2D eigenvalue weighted by molar-refractivity contribution is 5.81. The Morgan fingerprint density at radius 2 is 2.11 bits per heavy atom. The van der Waals surface area contributed by atoms with E-state index in [2.05, 4.69) is 10.3 Å². The van der Waals surface area contributed by atoms with Crippen LogP contribution in [0.3, 0.4) is 0 Å². The molecule has 1 unspecified atom stereocenters. The fourth-order valence-electron chi connectivity index (χ4n) is 2.76. The number of methoxy groups -OCH3 is 1. The van der Waals surface area contributed by atoms with Crippen LogP contribution in [0.25, 0.3) is 0 Å². The van der Waals surface area contributed by atoms with Crippen LogP contribution >= 0.6 is 0 Å². The van der Waals surface area contributed by atoms with Crippen LogP contribution in [0.1, 0.15) is 44.7 Å². The van der Waals surface area contributed by atoms with E-state index in [-0.39, 0.29) is 5.97 Å². The summed E-state index contributed by atoms with van der Waals surface area (Å²) in [6.07, 6.45) is 7.66. The van der Waals surface area contributed by atoms with Crippen molar-refractivity contribution in [2.45, 2.75) is 50.6 Å². The van der Waals surface area contributed by atoms with Gasteiger partial charge in [0.1, 0.15) is 0 Å². The van der Waals surface area contributed by atoms with E-state index in [0.29, 0.717) is 11.7 Å². The summed E-state index contributed by atoms with van der Waals surface area (Å²) < 4.78 is 4.97. The molecule has 1 aliphatic rings. The molecular formula is C15H22N2O2. The Morgan fingerprint density at radius 1 is 1.37 bits per heavy atom. The first-order valence-corrected chi connectivity index (χ1v) is 6.94. The number of nitrogens with one attached hydrogen (secondary N) is 1. The predicted octanol–water partition coefficient (Wildman–Crippen LogP) is 2.39. The van der Waals surface area contributed by atoms with E-state index in [9.17, 15) is 4.79 Å². The van der Waals surface area contributed by atoms with Crippen LogP contribution in [-0.4, -0.2) is 24.1 Å². The van der Waals surface area contributed by atoms with Gasteiger partial charge < -0.3 is 4.74 Å². The maximum absolute atomic E-state index is 12.2. The highest BCUT2D eigenvalue weighted by atomic mass is 16.5. The summed E-state index contributed by atoms with van der Waals surface area (Å²) in [5.41, 5.74) is -0.148. The Bertz CT molecular complexity index is 415. The van der Waals surface area contributed by atoms with Gasteiger partial charge in [0.15, 0.2) is 5.54 Å². The zero-order valence-corrected chi connectivity index (χ0v) is 11.7. The molecule has 104 valence electrons. The molecule has 0 aromatic carbocycles. The van der Waals surface area contributed by atoms with Crippen molar-refractivity contribution in [3.63, 3.8) is 0 Å². The lowest BCUT2D eigenvalue weighted by atomic mass is 9.90. The third-order valence-corrected chi connectivity index (χ3v) is 3.87. The van der Waals surface area contributed by atoms with E-state index in [4.69, 9.17) is 4.74 Å². The number of nitrogens with zero attached hydrogens (tertiary/aromatic N) is 1. The molecule has 1 heterocycles. The molecule has 2 rings (SSSR count). The van der Waals surface area contributed by atoms with Gasteiger partial charge in [-0.2, -0.15) is 0 Å². The van der Waals surface area contributed by atoms with Crippen molar-refractivity contribution < 1.29 is 9.53 Å². The fraction of sp³-hybridized carbons (Fsp3) is 0.600. The molecular weight excluding hydrogens is 240 g/mol. The molecule has 4 heteroatoms. The molecule has 1 aromatic rings. The first kappa shape index (κ1) is 14.0. The summed E-state index contributed by atoms with van der Waals surface area (Å²) in [6.45, 7) is 1.86. The maximum atomic E-state index is 12.2. The van der Waals surface area contributed by atoms with Gasteiger partial charge in [0.2, 0.25) is 0 Å². The van der Waals surface area contributed by atoms with Gasteiger partial charge in [-0.05, 0) is 31.9 Å². The number of rotatable bonds is 4. The Balaban J connectivity index is 2.21. The van der Waals surface area contributed by atoms with Gasteiger partial charge in [-0.25, -0.2) is 4.79 Å². The quantitative estimate of drug-likeness (QED) is 0.847. The van der Waals surface area contributed by atoms with Crippen molar-refractivity contribution >= 4 is 5.97 Å². The first-order chi connectivity index (χ1) is 9.16. The maximum Gasteiger partial charge on any atom is 0.332 e. The first-order valence-electron chi connectivity index (χ1n) is 6.94. The molecule has 0 bridgehead atoms. The van der Waals surface area contributed by atoms with E-state index in [1.807, 2.05) is 25.1 Å². The lowest BCUT2D eigenvalue weighted by Gasteiger charge is -2.34. The van der Waals surface area contributed by atoms with Crippen LogP contribution in [0.5, 0.6) is 0 Å². The van der Waals surface area contributed by atoms with Gasteiger partial charge in [0.25, 0.3) is 0 Å². The third-order valence-electron chi connectivity index (χ3n) is 3.87. The van der Waals surface area contributed by atoms with Gasteiger partial charge in [-0.1, -0.05) is 25.3 Å². The van der Waals surface area contributed by atoms with Gasteiger partial charge in [-0.15, -0.1) is 0 Å². The average molecular weight is 262 g/mol. The van der Waals surface area contributed by atoms with Gasteiger partial charge >= 0.3 is 5.97 Å². The summed E-state index contributed by atoms with van der Waals surface area (Å²) in [7, 11) is 1.42. The lowest BCUT2D eigenvalue weighted by Crippen LogP contribution is -2.52. The molecule has 1 aromatic heterocycles. The topological polar surface area (TPSA) is 51.2 Å². The summed E-state index contributed by atoms with van der Waals surface area (Å²) in [5, 5.41) is 3.46. The second-order valence-electron chi connectivity index (χ2n) is 5.31. The second-order valence-corrected chi connectivity index (χ2v) is 5.31. The van der Waals surface area contributed by atoms with E-state index in [1.165, 1.54) is 26.4 Å². The standard InChI is InChI=1S/C15H22N2O2/c1-15(14(18)19-2,13-10-6-7-11-16-13)17-12-8-4-3-5-9-12/h6-7,10-12,17H,3-5,8-9H2,1-2H3. The Morgan fingerprint density at radius 3 is 2.68 bits per heavy atom. The van der Waals surface area contributed by atoms with Crippen LogP contribution in [0.4, 0.5) is 0 Å². The van der Waals surface area contributed by atoms with E-state index < -0.39 is 5.54 Å². The predicted molar refractivity (Wildman–Crippen MR) is 73.6 cm³/mol. The van der Waals surface area contributed by atoms with Crippen molar-refractivity contribution in [3.05, 3.63) is 30.1 Å². The van der Waals surface area contributed by atoms with Crippen LogP contribution in [-0.2, 0) is 15.1 Å². The molecule has 0 spiro atoms. The number of hydrogen-bond acceptors (Lipinski definition) is 4. The van der Waals surface area contributed by atoms with Crippen LogP contribution in [0, 0.1) is 0 Å². The largest absolute Gasteiger partial charge is 0.467 e. The molecule has 4 nitrogen and oxygen atoms in total. The summed E-state index contributed by atoms with van der Waals surface area (Å²) in [4.78, 5) is 16.5. The minimum Gasteiger partial charge on any atom is -0.467 e. The molecule has 1 aliphatic carbocycles. The molecule has 1 fully saturated rings. The van der Waals surface area contributed by atoms with E-state index in [0.717, 1.165) is 12.8 Å². The number of aromatic nitrogens is 1. The van der Waals surface area contributed by atoms with Gasteiger partial charge in [0, 0.05) is 12.2 Å². The molecule has 0 amide bonds. The van der Waals surface area contributed by atoms with Crippen molar-refractivity contribution in [3.8, 4) is 0 Å². The summed E-state index contributed by atoms with van der Waals surface area (Å²) in [5.74, 6) is -0.281. The molecule has 0 saturated heterocycles. The van der Waals surface area contributed by atoms with Crippen molar-refractivity contribution in [1.29, 1.82) is 0 Å². The van der Waals surface area contributed by atoms with Crippen molar-refractivity contribution in [2.24, 2.45) is 0 Å². The molecule has 19 heavy (non-hydrogen) atoms. The summed E-state index contributed by atoms with van der Waals surface area (Å²) in [6, 6.07) is 5.97. The van der Waals surface area contributed by atoms with Crippen molar-refractivity contribution in [1.82, 2.24) is 10.3 Å². The van der Waals surface area contributed by atoms with Crippen LogP contribution in [0.15, 0.2) is 24.4 Å². The lowest BCUT2D eigenvalue weighted by molar-refractivity contribution is -0.149. The molecule has 1 atom stereocenters. The third kappa shape index (κ3) is 3.13. The fourth-order valence-corrected chi connectivity index (χ4v) is 2.76. The zero-order chi connectivity index (χ0) is 13.7. The Hall–Kier alpha value is -1.42. The zero-order valence-electron chi connectivity index (χ0n) is 11.7. The monoisotopic (exact) mass is 262 g/mol. The highest BCUT2D eigenvalue weighted by Gasteiger charge is 2.39. The number of carbonyl (C=O) groups is 1. The van der Waals surface area contributed by atoms with Gasteiger partial charge in [0.05, 0.1) is 12.8 Å². The number of carbonyl (C=O) groups excluding carboxylic acids is 1. The molecule has 0 aliphatic heterocycles. The molecule has 1 saturated carbocycles. The average Bonchev–Trinajstić information content (AvgIpc) is 2.48. The van der Waals surface area contributed by atoms with E-state index >= 15 is 0 Å². The van der Waals surface area contributed by atoms with E-state index in [1.54, 1.807) is 6.20 Å². The number of ether oxygens (including phenoxy) is 1. The Kier molecular flexibility index (Phi) is 4.53. The summed E-state index contributed by atoms with van der Waals surface area (Å²) >= 11 is 0. The SMILES string of the molecule is COC(=O)C(C)(NC1CCCCC1)c1ccccn1. The number of esters is 1. The minimum atomic E-state index is -0.863. The number of pyridine rings is 1. The van der Waals surface area contributed by atoms with Gasteiger partial charge in [-0.3, -0.25) is 10.3 Å². The number of hydrogen-bond donors (Lipinski definition) is 1. The minimum absolute atomic E-state index is 0.281. The van der Waals surface area contributed by atoms with Crippen LogP contribution < -0.4 is 5.32 Å². The molecule has 0 radical (unpaired) electrons. The smallest absolute Gasteiger partial charge is 0.332 e. The molecule has 1 N–H and O–H groups in total. The van der Waals surface area contributed by atoms with Crippen molar-refractivity contribution in [2.75, 3.05) is 7.11 Å². The highest BCUT2D eigenvalue weighted by Crippen LogP contribution is 2.25. The van der Waals surface area contributed by atoms with Crippen LogP contribution in [0.2, 0.25) is 0 Å². The Labute approximate surface area is 114 Å².